The summed E-state index contributed by atoms with van der Waals surface area (Å²) in [6.45, 7) is 4.86. The summed E-state index contributed by atoms with van der Waals surface area (Å²) in [5.74, 6) is -0.394. The highest BCUT2D eigenvalue weighted by atomic mass is 19.1. The van der Waals surface area contributed by atoms with E-state index < -0.39 is 0 Å². The zero-order valence-corrected chi connectivity index (χ0v) is 17.7. The number of nitrogens with zero attached hydrogens (tertiary/aromatic N) is 2. The van der Waals surface area contributed by atoms with Crippen molar-refractivity contribution in [1.82, 2.24) is 15.1 Å². The number of likely N-dealkylation sites (tertiary alicyclic amines) is 1. The predicted molar refractivity (Wildman–Crippen MR) is 118 cm³/mol. The van der Waals surface area contributed by atoms with Gasteiger partial charge in [0.25, 0.3) is 5.91 Å². The van der Waals surface area contributed by atoms with Crippen molar-refractivity contribution in [2.75, 3.05) is 31.5 Å². The fourth-order valence-corrected chi connectivity index (χ4v) is 4.20. The predicted octanol–water partition coefficient (Wildman–Crippen LogP) is 3.98. The van der Waals surface area contributed by atoms with E-state index in [0.29, 0.717) is 30.9 Å². The number of carbonyl (C=O) groups excluding carboxylic acids is 2. The molecule has 7 heteroatoms. The molecule has 0 saturated carbocycles. The van der Waals surface area contributed by atoms with Crippen LogP contribution in [0.25, 0.3) is 0 Å². The van der Waals surface area contributed by atoms with E-state index in [4.69, 9.17) is 0 Å². The minimum absolute atomic E-state index is 0.103. The van der Waals surface area contributed by atoms with E-state index in [9.17, 15) is 14.0 Å². The van der Waals surface area contributed by atoms with Crippen molar-refractivity contribution < 1.29 is 14.0 Å². The zero-order chi connectivity index (χ0) is 21.6. The normalized spacial score (nSPS) is 16.1. The average molecular weight is 425 g/mol. The molecule has 4 rings (SSSR count). The summed E-state index contributed by atoms with van der Waals surface area (Å²) in [7, 11) is 0. The average Bonchev–Trinajstić information content (AvgIpc) is 3.21. The van der Waals surface area contributed by atoms with Crippen LogP contribution in [0.2, 0.25) is 0 Å². The quantitative estimate of drug-likeness (QED) is 0.690. The Morgan fingerprint density at radius 1 is 0.935 bits per heavy atom. The number of hydrogen-bond donors (Lipinski definition) is 2. The summed E-state index contributed by atoms with van der Waals surface area (Å²) in [5.41, 5.74) is 2.99. The first-order valence-electron chi connectivity index (χ1n) is 11.0. The molecule has 2 aliphatic heterocycles. The second kappa shape index (κ2) is 9.92. The first-order valence-corrected chi connectivity index (χ1v) is 11.0. The zero-order valence-electron chi connectivity index (χ0n) is 17.7. The van der Waals surface area contributed by atoms with Crippen LogP contribution in [0, 0.1) is 5.82 Å². The summed E-state index contributed by atoms with van der Waals surface area (Å²) < 4.78 is 13.4. The monoisotopic (exact) mass is 424 g/mol. The Bertz CT molecular complexity index is 926. The van der Waals surface area contributed by atoms with Crippen molar-refractivity contribution in [3.05, 3.63) is 65.0 Å². The molecule has 2 aliphatic rings. The van der Waals surface area contributed by atoms with E-state index in [-0.39, 0.29) is 17.8 Å². The number of nitrogens with one attached hydrogen (secondary N) is 2. The number of benzene rings is 2. The molecule has 0 unspecified atom stereocenters. The minimum Gasteiger partial charge on any atom is -0.352 e. The number of carbonyl (C=O) groups is 2. The van der Waals surface area contributed by atoms with Gasteiger partial charge in [-0.25, -0.2) is 9.18 Å². The van der Waals surface area contributed by atoms with Crippen LogP contribution in [-0.4, -0.2) is 47.9 Å². The molecule has 2 N–H and O–H groups in total. The number of urea groups is 1. The molecule has 3 amide bonds. The third-order valence-electron chi connectivity index (χ3n) is 5.96. The van der Waals surface area contributed by atoms with Gasteiger partial charge in [0.05, 0.1) is 0 Å². The van der Waals surface area contributed by atoms with Gasteiger partial charge in [0.2, 0.25) is 0 Å². The largest absolute Gasteiger partial charge is 0.352 e. The Morgan fingerprint density at radius 2 is 1.68 bits per heavy atom. The van der Waals surface area contributed by atoms with E-state index in [1.165, 1.54) is 44.5 Å². The van der Waals surface area contributed by atoms with Crippen molar-refractivity contribution in [2.24, 2.45) is 0 Å². The highest BCUT2D eigenvalue weighted by Gasteiger charge is 2.23. The molecule has 0 aliphatic carbocycles. The second-order valence-electron chi connectivity index (χ2n) is 8.29. The number of halogens is 1. The van der Waals surface area contributed by atoms with Crippen LogP contribution >= 0.6 is 0 Å². The maximum atomic E-state index is 13.4. The Morgan fingerprint density at radius 3 is 2.45 bits per heavy atom. The van der Waals surface area contributed by atoms with Gasteiger partial charge in [-0.1, -0.05) is 12.5 Å². The van der Waals surface area contributed by atoms with Crippen molar-refractivity contribution >= 4 is 17.6 Å². The minimum atomic E-state index is -0.290. The summed E-state index contributed by atoms with van der Waals surface area (Å²) in [6, 6.07) is 11.2. The van der Waals surface area contributed by atoms with Crippen LogP contribution < -0.4 is 10.6 Å². The van der Waals surface area contributed by atoms with Crippen LogP contribution in [0.4, 0.5) is 14.9 Å². The number of anilines is 1. The molecule has 6 nitrogen and oxygen atoms in total. The van der Waals surface area contributed by atoms with Gasteiger partial charge < -0.3 is 20.4 Å². The Balaban J connectivity index is 1.21. The van der Waals surface area contributed by atoms with Gasteiger partial charge in [0.1, 0.15) is 5.82 Å². The van der Waals surface area contributed by atoms with Crippen LogP contribution in [0.15, 0.2) is 42.5 Å². The highest BCUT2D eigenvalue weighted by Crippen LogP contribution is 2.24. The fourth-order valence-electron chi connectivity index (χ4n) is 4.20. The second-order valence-corrected chi connectivity index (χ2v) is 8.29. The van der Waals surface area contributed by atoms with Crippen molar-refractivity contribution in [3.8, 4) is 0 Å². The molecule has 0 aromatic heterocycles. The summed E-state index contributed by atoms with van der Waals surface area (Å²) >= 11 is 0. The Labute approximate surface area is 182 Å². The molecule has 0 atom stereocenters. The summed E-state index contributed by atoms with van der Waals surface area (Å²) in [4.78, 5) is 29.0. The molecule has 2 aromatic rings. The molecular formula is C24H29FN4O2. The van der Waals surface area contributed by atoms with E-state index in [1.807, 2.05) is 0 Å². The van der Waals surface area contributed by atoms with E-state index in [1.54, 1.807) is 35.2 Å². The first-order chi connectivity index (χ1) is 15.1. The molecule has 2 heterocycles. The lowest BCUT2D eigenvalue weighted by Gasteiger charge is -2.26. The molecule has 0 spiro atoms. The molecule has 164 valence electrons. The number of fused-ring (bicyclic) bond motifs is 1. The smallest absolute Gasteiger partial charge is 0.322 e. The lowest BCUT2D eigenvalue weighted by Crippen LogP contribution is -2.33. The molecule has 0 bridgehead atoms. The summed E-state index contributed by atoms with van der Waals surface area (Å²) in [6.07, 6.45) is 4.83. The van der Waals surface area contributed by atoms with Gasteiger partial charge in [-0.2, -0.15) is 0 Å². The highest BCUT2D eigenvalue weighted by molar-refractivity contribution is 5.95. The number of amides is 3. The topological polar surface area (TPSA) is 64.7 Å². The van der Waals surface area contributed by atoms with Crippen LogP contribution in [-0.2, 0) is 13.1 Å². The van der Waals surface area contributed by atoms with Gasteiger partial charge in [-0.3, -0.25) is 4.79 Å². The number of piperidine rings is 1. The van der Waals surface area contributed by atoms with Gasteiger partial charge >= 0.3 is 6.03 Å². The maximum absolute atomic E-state index is 13.4. The maximum Gasteiger partial charge on any atom is 0.322 e. The summed E-state index contributed by atoms with van der Waals surface area (Å²) in [5, 5.41) is 5.81. The lowest BCUT2D eigenvalue weighted by molar-refractivity contribution is 0.0951. The SMILES string of the molecule is O=C(NCCCN1CCCCC1)c1ccc(NC(=O)N2Cc3ccc(F)cc3C2)cc1. The molecule has 0 radical (unpaired) electrons. The van der Waals surface area contributed by atoms with Gasteiger partial charge in [-0.05, 0) is 86.4 Å². The molecule has 2 aromatic carbocycles. The van der Waals surface area contributed by atoms with E-state index >= 15 is 0 Å². The third-order valence-corrected chi connectivity index (χ3v) is 5.96. The Kier molecular flexibility index (Phi) is 6.82. The third kappa shape index (κ3) is 5.61. The van der Waals surface area contributed by atoms with E-state index in [0.717, 1.165) is 24.1 Å². The molecule has 1 saturated heterocycles. The lowest BCUT2D eigenvalue weighted by atomic mass is 10.1. The standard InChI is InChI=1S/C24H29FN4O2/c25-21-8-5-19-16-29(17-20(19)15-21)24(31)27-22-9-6-18(7-10-22)23(30)26-11-4-14-28-12-2-1-3-13-28/h5-10,15H,1-4,11-14,16-17H2,(H,26,30)(H,27,31). The van der Waals surface area contributed by atoms with Crippen LogP contribution in [0.1, 0.15) is 47.2 Å². The molecular weight excluding hydrogens is 395 g/mol. The van der Waals surface area contributed by atoms with Crippen molar-refractivity contribution in [2.45, 2.75) is 38.8 Å². The van der Waals surface area contributed by atoms with Gasteiger partial charge in [0, 0.05) is 30.9 Å². The molecule has 1 fully saturated rings. The van der Waals surface area contributed by atoms with Gasteiger partial charge in [0.15, 0.2) is 0 Å². The first kappa shape index (κ1) is 21.3. The van der Waals surface area contributed by atoms with E-state index in [2.05, 4.69) is 15.5 Å². The number of hydrogen-bond acceptors (Lipinski definition) is 3. The van der Waals surface area contributed by atoms with Crippen LogP contribution in [0.3, 0.4) is 0 Å². The van der Waals surface area contributed by atoms with Crippen LogP contribution in [0.5, 0.6) is 0 Å². The molecule has 31 heavy (non-hydrogen) atoms. The van der Waals surface area contributed by atoms with Crippen molar-refractivity contribution in [3.63, 3.8) is 0 Å². The fraction of sp³-hybridized carbons (Fsp3) is 0.417. The van der Waals surface area contributed by atoms with Crippen molar-refractivity contribution in [1.29, 1.82) is 0 Å². The van der Waals surface area contributed by atoms with Gasteiger partial charge in [-0.15, -0.1) is 0 Å². The Hall–Kier alpha value is -2.93. The number of rotatable bonds is 6.